The van der Waals surface area contributed by atoms with Crippen LogP contribution in [-0.2, 0) is 16.4 Å². The van der Waals surface area contributed by atoms with Gasteiger partial charge in [-0.05, 0) is 60.0 Å². The number of ether oxygens (including phenoxy) is 1. The van der Waals surface area contributed by atoms with Gasteiger partial charge in [0.1, 0.15) is 24.3 Å². The molecule has 0 heterocycles. The summed E-state index contributed by atoms with van der Waals surface area (Å²) in [6, 6.07) is 18.4. The minimum atomic E-state index is -3.35. The Morgan fingerprint density at radius 3 is 2.37 bits per heavy atom. The molecule has 2 atom stereocenters. The van der Waals surface area contributed by atoms with Crippen LogP contribution >= 0.6 is 23.2 Å². The van der Waals surface area contributed by atoms with E-state index < -0.39 is 16.1 Å². The third-order valence-corrected chi connectivity index (χ3v) is 6.56. The minimum Gasteiger partial charge on any atom is -0.491 e. The molecule has 2 unspecified atom stereocenters. The van der Waals surface area contributed by atoms with Crippen molar-refractivity contribution in [3.05, 3.63) is 93.7 Å². The van der Waals surface area contributed by atoms with E-state index in [1.165, 1.54) is 6.07 Å². The topological polar surface area (TPSA) is 87.7 Å². The highest BCUT2D eigenvalue weighted by molar-refractivity contribution is 7.92. The molecule has 0 bridgehead atoms. The summed E-state index contributed by atoms with van der Waals surface area (Å²) in [5.74, 6) is 0.116. The molecular formula is C25H27Cl2FN2O4S. The van der Waals surface area contributed by atoms with Crippen LogP contribution in [0.5, 0.6) is 5.75 Å². The lowest BCUT2D eigenvalue weighted by Gasteiger charge is -2.21. The number of aliphatic hydroxyl groups is 1. The Hall–Kier alpha value is -2.36. The molecule has 0 aliphatic carbocycles. The molecule has 0 amide bonds. The molecule has 0 aliphatic rings. The second-order valence-electron chi connectivity index (χ2n) is 8.19. The molecular weight excluding hydrogens is 514 g/mol. The molecule has 0 aliphatic heterocycles. The van der Waals surface area contributed by atoms with Gasteiger partial charge < -0.3 is 15.2 Å². The number of hydrogen-bond donors (Lipinski definition) is 3. The lowest BCUT2D eigenvalue weighted by molar-refractivity contribution is 0.106. The Labute approximate surface area is 215 Å². The SMILES string of the molecule is CS(=O)(=O)Nc1ccc(OCC(O)CNCC(Cc2ccccc2F)c2ccc(Cl)c(Cl)c2)cc1. The zero-order valence-corrected chi connectivity index (χ0v) is 21.4. The van der Waals surface area contributed by atoms with Crippen LogP contribution < -0.4 is 14.8 Å². The van der Waals surface area contributed by atoms with Crippen molar-refractivity contribution < 1.29 is 22.7 Å². The number of anilines is 1. The van der Waals surface area contributed by atoms with E-state index in [0.29, 0.717) is 40.0 Å². The quantitative estimate of drug-likeness (QED) is 0.305. The number of sulfonamides is 1. The van der Waals surface area contributed by atoms with Gasteiger partial charge >= 0.3 is 0 Å². The van der Waals surface area contributed by atoms with Crippen LogP contribution in [0.3, 0.4) is 0 Å². The van der Waals surface area contributed by atoms with Gasteiger partial charge in [-0.15, -0.1) is 0 Å². The Morgan fingerprint density at radius 1 is 1.00 bits per heavy atom. The first-order valence-electron chi connectivity index (χ1n) is 10.9. The maximum atomic E-state index is 14.3. The van der Waals surface area contributed by atoms with Gasteiger partial charge in [-0.3, -0.25) is 4.72 Å². The normalized spacial score (nSPS) is 13.3. The molecule has 188 valence electrons. The van der Waals surface area contributed by atoms with Gasteiger partial charge in [-0.2, -0.15) is 0 Å². The second-order valence-corrected chi connectivity index (χ2v) is 10.8. The Bertz CT molecular complexity index is 1230. The fourth-order valence-corrected chi connectivity index (χ4v) is 4.38. The standard InChI is InChI=1S/C25H27Cl2FN2O4S/c1-35(32,33)30-20-7-9-22(10-8-20)34-16-21(31)15-29-14-19(12-18-4-2-3-5-25(18)28)17-6-11-23(26)24(27)13-17/h2-11,13,19,21,29-31H,12,14-16H2,1H3. The molecule has 3 rings (SSSR count). The molecule has 35 heavy (non-hydrogen) atoms. The lowest BCUT2D eigenvalue weighted by Crippen LogP contribution is -2.34. The molecule has 0 spiro atoms. The number of hydrogen-bond acceptors (Lipinski definition) is 5. The Kier molecular flexibility index (Phi) is 9.77. The van der Waals surface area contributed by atoms with Gasteiger partial charge in [0.2, 0.25) is 10.0 Å². The molecule has 0 saturated carbocycles. The van der Waals surface area contributed by atoms with E-state index in [0.717, 1.165) is 11.8 Å². The highest BCUT2D eigenvalue weighted by Crippen LogP contribution is 2.29. The van der Waals surface area contributed by atoms with Crippen LogP contribution in [0, 0.1) is 5.82 Å². The number of halogens is 3. The summed E-state index contributed by atoms with van der Waals surface area (Å²) in [4.78, 5) is 0. The van der Waals surface area contributed by atoms with Crippen molar-refractivity contribution in [1.82, 2.24) is 5.32 Å². The monoisotopic (exact) mass is 540 g/mol. The van der Waals surface area contributed by atoms with Crippen molar-refractivity contribution in [2.75, 3.05) is 30.7 Å². The molecule has 10 heteroatoms. The number of aliphatic hydroxyl groups excluding tert-OH is 1. The van der Waals surface area contributed by atoms with Crippen molar-refractivity contribution in [1.29, 1.82) is 0 Å². The third kappa shape index (κ3) is 8.98. The van der Waals surface area contributed by atoms with Crippen molar-refractivity contribution in [3.63, 3.8) is 0 Å². The maximum absolute atomic E-state index is 14.3. The fraction of sp³-hybridized carbons (Fsp3) is 0.280. The zero-order valence-electron chi connectivity index (χ0n) is 19.0. The summed E-state index contributed by atoms with van der Waals surface area (Å²) in [6.07, 6.45) is 0.716. The van der Waals surface area contributed by atoms with Crippen LogP contribution in [0.15, 0.2) is 66.7 Å². The van der Waals surface area contributed by atoms with E-state index in [-0.39, 0.29) is 24.9 Å². The second kappa shape index (κ2) is 12.6. The minimum absolute atomic E-state index is 0.0383. The molecule has 3 N–H and O–H groups in total. The first kappa shape index (κ1) is 27.2. The van der Waals surface area contributed by atoms with Crippen LogP contribution in [0.25, 0.3) is 0 Å². The zero-order chi connectivity index (χ0) is 25.4. The molecule has 3 aromatic rings. The van der Waals surface area contributed by atoms with Gasteiger partial charge in [0.05, 0.1) is 16.3 Å². The highest BCUT2D eigenvalue weighted by Gasteiger charge is 2.17. The van der Waals surface area contributed by atoms with E-state index in [1.807, 2.05) is 6.07 Å². The summed E-state index contributed by atoms with van der Waals surface area (Å²) in [7, 11) is -3.35. The first-order chi connectivity index (χ1) is 16.6. The van der Waals surface area contributed by atoms with Crippen molar-refractivity contribution in [2.45, 2.75) is 18.4 Å². The van der Waals surface area contributed by atoms with Crippen LogP contribution in [0.1, 0.15) is 17.0 Å². The first-order valence-corrected chi connectivity index (χ1v) is 13.5. The predicted molar refractivity (Wildman–Crippen MR) is 139 cm³/mol. The van der Waals surface area contributed by atoms with Gasteiger partial charge in [-0.1, -0.05) is 47.5 Å². The van der Waals surface area contributed by atoms with Gasteiger partial charge in [0, 0.05) is 24.7 Å². The van der Waals surface area contributed by atoms with Gasteiger partial charge in [0.15, 0.2) is 0 Å². The van der Waals surface area contributed by atoms with Crippen molar-refractivity contribution in [2.24, 2.45) is 0 Å². The highest BCUT2D eigenvalue weighted by atomic mass is 35.5. The van der Waals surface area contributed by atoms with E-state index in [4.69, 9.17) is 27.9 Å². The summed E-state index contributed by atoms with van der Waals surface area (Å²) < 4.78 is 44.8. The van der Waals surface area contributed by atoms with Gasteiger partial charge in [-0.25, -0.2) is 12.8 Å². The molecule has 0 aromatic heterocycles. The number of rotatable bonds is 12. The molecule has 6 nitrogen and oxygen atoms in total. The van der Waals surface area contributed by atoms with Crippen LogP contribution in [-0.4, -0.2) is 45.6 Å². The fourth-order valence-electron chi connectivity index (χ4n) is 3.51. The number of nitrogens with one attached hydrogen (secondary N) is 2. The van der Waals surface area contributed by atoms with Crippen molar-refractivity contribution >= 4 is 38.9 Å². The third-order valence-electron chi connectivity index (χ3n) is 5.21. The summed E-state index contributed by atoms with van der Waals surface area (Å²) >= 11 is 12.3. The smallest absolute Gasteiger partial charge is 0.229 e. The van der Waals surface area contributed by atoms with E-state index in [2.05, 4.69) is 10.0 Å². The molecule has 0 saturated heterocycles. The summed E-state index contributed by atoms with van der Waals surface area (Å²) in [5, 5.41) is 14.4. The van der Waals surface area contributed by atoms with Gasteiger partial charge in [0.25, 0.3) is 0 Å². The van der Waals surface area contributed by atoms with Crippen LogP contribution in [0.4, 0.5) is 10.1 Å². The Morgan fingerprint density at radius 2 is 1.71 bits per heavy atom. The average molecular weight is 541 g/mol. The lowest BCUT2D eigenvalue weighted by atomic mass is 9.91. The summed E-state index contributed by atoms with van der Waals surface area (Å²) in [6.45, 7) is 0.759. The average Bonchev–Trinajstić information content (AvgIpc) is 2.80. The van der Waals surface area contributed by atoms with E-state index >= 15 is 0 Å². The van der Waals surface area contributed by atoms with Crippen LogP contribution in [0.2, 0.25) is 10.0 Å². The summed E-state index contributed by atoms with van der Waals surface area (Å²) in [5.41, 5.74) is 1.91. The largest absolute Gasteiger partial charge is 0.491 e. The number of benzene rings is 3. The Balaban J connectivity index is 1.55. The molecule has 0 radical (unpaired) electrons. The van der Waals surface area contributed by atoms with E-state index in [1.54, 1.807) is 54.6 Å². The predicted octanol–water partition coefficient (Wildman–Crippen LogP) is 4.86. The molecule has 0 fully saturated rings. The van der Waals surface area contributed by atoms with E-state index in [9.17, 15) is 17.9 Å². The maximum Gasteiger partial charge on any atom is 0.229 e. The molecule has 3 aromatic carbocycles. The van der Waals surface area contributed by atoms with Crippen molar-refractivity contribution in [3.8, 4) is 5.75 Å².